The summed E-state index contributed by atoms with van der Waals surface area (Å²) in [6.07, 6.45) is 0.806. The molecular formula is C12H23N3OS. The standard InChI is InChI=1S/C12H23N3OS/c1-9(2)7-17-8-11-14-12(16-15-11)5-6-13-10(3)4/h9-10,13H,5-8H2,1-4H3. The SMILES string of the molecule is CC(C)CSCc1noc(CCNC(C)C)n1. The molecule has 0 radical (unpaired) electrons. The summed E-state index contributed by atoms with van der Waals surface area (Å²) in [6.45, 7) is 9.57. The maximum absolute atomic E-state index is 5.19. The average molecular weight is 257 g/mol. The Balaban J connectivity index is 2.23. The van der Waals surface area contributed by atoms with E-state index in [1.807, 2.05) is 11.8 Å². The van der Waals surface area contributed by atoms with Gasteiger partial charge in [0, 0.05) is 19.0 Å². The van der Waals surface area contributed by atoms with E-state index in [0.717, 1.165) is 36.2 Å². The first kappa shape index (κ1) is 14.5. The third-order valence-electron chi connectivity index (χ3n) is 2.08. The Morgan fingerprint density at radius 2 is 2.06 bits per heavy atom. The first-order chi connectivity index (χ1) is 8.08. The van der Waals surface area contributed by atoms with Crippen LogP contribution in [0, 0.1) is 5.92 Å². The number of thioether (sulfide) groups is 1. The van der Waals surface area contributed by atoms with Gasteiger partial charge in [0.25, 0.3) is 0 Å². The zero-order valence-corrected chi connectivity index (χ0v) is 12.0. The first-order valence-corrected chi connectivity index (χ1v) is 7.36. The second-order valence-corrected chi connectivity index (χ2v) is 5.90. The van der Waals surface area contributed by atoms with Crippen LogP contribution in [0.4, 0.5) is 0 Å². The van der Waals surface area contributed by atoms with Gasteiger partial charge in [-0.05, 0) is 11.7 Å². The molecule has 0 atom stereocenters. The fourth-order valence-electron chi connectivity index (χ4n) is 1.30. The average Bonchev–Trinajstić information content (AvgIpc) is 2.65. The van der Waals surface area contributed by atoms with Gasteiger partial charge in [0.1, 0.15) is 0 Å². The van der Waals surface area contributed by atoms with E-state index in [9.17, 15) is 0 Å². The molecule has 0 saturated heterocycles. The Morgan fingerprint density at radius 1 is 1.29 bits per heavy atom. The maximum Gasteiger partial charge on any atom is 0.227 e. The van der Waals surface area contributed by atoms with Crippen molar-refractivity contribution in [3.8, 4) is 0 Å². The molecule has 1 aromatic heterocycles. The fourth-order valence-corrected chi connectivity index (χ4v) is 2.19. The van der Waals surface area contributed by atoms with Crippen molar-refractivity contribution in [2.45, 2.75) is 45.9 Å². The van der Waals surface area contributed by atoms with Gasteiger partial charge in [-0.25, -0.2) is 0 Å². The van der Waals surface area contributed by atoms with Gasteiger partial charge in [-0.3, -0.25) is 0 Å². The molecule has 0 aliphatic carbocycles. The number of hydrogen-bond acceptors (Lipinski definition) is 5. The van der Waals surface area contributed by atoms with Gasteiger partial charge in [-0.15, -0.1) is 0 Å². The number of rotatable bonds is 8. The quantitative estimate of drug-likeness (QED) is 0.775. The molecule has 0 amide bonds. The van der Waals surface area contributed by atoms with Crippen LogP contribution in [0.2, 0.25) is 0 Å². The van der Waals surface area contributed by atoms with E-state index in [-0.39, 0.29) is 0 Å². The summed E-state index contributed by atoms with van der Waals surface area (Å²) < 4.78 is 5.19. The minimum atomic E-state index is 0.499. The number of nitrogens with one attached hydrogen (secondary N) is 1. The van der Waals surface area contributed by atoms with E-state index in [1.165, 1.54) is 0 Å². The molecular weight excluding hydrogens is 234 g/mol. The predicted octanol–water partition coefficient (Wildman–Crippen LogP) is 2.50. The number of aromatic nitrogens is 2. The van der Waals surface area contributed by atoms with Crippen molar-refractivity contribution in [3.63, 3.8) is 0 Å². The van der Waals surface area contributed by atoms with Gasteiger partial charge in [-0.2, -0.15) is 16.7 Å². The summed E-state index contributed by atoms with van der Waals surface area (Å²) in [6, 6.07) is 0.499. The Morgan fingerprint density at radius 3 is 2.71 bits per heavy atom. The minimum absolute atomic E-state index is 0.499. The van der Waals surface area contributed by atoms with Crippen LogP contribution in [0.1, 0.15) is 39.4 Å². The highest BCUT2D eigenvalue weighted by molar-refractivity contribution is 7.98. The van der Waals surface area contributed by atoms with Crippen molar-refractivity contribution in [1.29, 1.82) is 0 Å². The minimum Gasteiger partial charge on any atom is -0.339 e. The van der Waals surface area contributed by atoms with E-state index < -0.39 is 0 Å². The summed E-state index contributed by atoms with van der Waals surface area (Å²) in [7, 11) is 0. The largest absolute Gasteiger partial charge is 0.339 e. The van der Waals surface area contributed by atoms with Crippen LogP contribution in [0.15, 0.2) is 4.52 Å². The molecule has 1 rings (SSSR count). The Labute approximate surface area is 108 Å². The lowest BCUT2D eigenvalue weighted by atomic mass is 10.3. The molecule has 0 unspecified atom stereocenters. The fraction of sp³-hybridized carbons (Fsp3) is 0.833. The molecule has 17 heavy (non-hydrogen) atoms. The van der Waals surface area contributed by atoms with Crippen LogP contribution in [-0.4, -0.2) is 28.5 Å². The zero-order chi connectivity index (χ0) is 12.7. The highest BCUT2D eigenvalue weighted by Crippen LogP contribution is 2.13. The van der Waals surface area contributed by atoms with Crippen molar-refractivity contribution in [3.05, 3.63) is 11.7 Å². The highest BCUT2D eigenvalue weighted by Gasteiger charge is 2.06. The van der Waals surface area contributed by atoms with E-state index in [1.54, 1.807) is 0 Å². The van der Waals surface area contributed by atoms with Crippen molar-refractivity contribution in [2.75, 3.05) is 12.3 Å². The molecule has 0 fully saturated rings. The third-order valence-corrected chi connectivity index (χ3v) is 3.45. The van der Waals surface area contributed by atoms with Crippen LogP contribution in [-0.2, 0) is 12.2 Å². The van der Waals surface area contributed by atoms with Gasteiger partial charge in [-0.1, -0.05) is 32.9 Å². The van der Waals surface area contributed by atoms with Crippen LogP contribution in [0.5, 0.6) is 0 Å². The second-order valence-electron chi connectivity index (χ2n) is 4.87. The number of hydrogen-bond donors (Lipinski definition) is 1. The van der Waals surface area contributed by atoms with Gasteiger partial charge >= 0.3 is 0 Å². The molecule has 5 heteroatoms. The molecule has 98 valence electrons. The molecule has 0 aromatic carbocycles. The van der Waals surface area contributed by atoms with E-state index in [2.05, 4.69) is 43.2 Å². The van der Waals surface area contributed by atoms with Crippen molar-refractivity contribution >= 4 is 11.8 Å². The molecule has 0 aliphatic heterocycles. The lowest BCUT2D eigenvalue weighted by Crippen LogP contribution is -2.25. The third kappa shape index (κ3) is 6.68. The van der Waals surface area contributed by atoms with Gasteiger partial charge in [0.2, 0.25) is 5.89 Å². The maximum atomic E-state index is 5.19. The molecule has 0 saturated carbocycles. The highest BCUT2D eigenvalue weighted by atomic mass is 32.2. The molecule has 0 spiro atoms. The zero-order valence-electron chi connectivity index (χ0n) is 11.2. The Hall–Kier alpha value is -0.550. The smallest absolute Gasteiger partial charge is 0.227 e. The second kappa shape index (κ2) is 7.71. The normalized spacial score (nSPS) is 11.6. The predicted molar refractivity (Wildman–Crippen MR) is 72.1 cm³/mol. The Bertz CT molecular complexity index is 284. The lowest BCUT2D eigenvalue weighted by molar-refractivity contribution is 0.370. The summed E-state index contributed by atoms with van der Waals surface area (Å²) >= 11 is 1.86. The first-order valence-electron chi connectivity index (χ1n) is 6.20. The monoisotopic (exact) mass is 257 g/mol. The van der Waals surface area contributed by atoms with Crippen LogP contribution < -0.4 is 5.32 Å². The van der Waals surface area contributed by atoms with Crippen LogP contribution in [0.3, 0.4) is 0 Å². The molecule has 0 bridgehead atoms. The summed E-state index contributed by atoms with van der Waals surface area (Å²) in [5.74, 6) is 4.24. The molecule has 1 aromatic rings. The molecule has 4 nitrogen and oxygen atoms in total. The molecule has 1 heterocycles. The van der Waals surface area contributed by atoms with Crippen molar-refractivity contribution in [2.24, 2.45) is 5.92 Å². The summed E-state index contributed by atoms with van der Waals surface area (Å²) in [5, 5.41) is 7.30. The molecule has 1 N–H and O–H groups in total. The summed E-state index contributed by atoms with van der Waals surface area (Å²) in [5.41, 5.74) is 0. The van der Waals surface area contributed by atoms with Crippen LogP contribution in [0.25, 0.3) is 0 Å². The number of nitrogens with zero attached hydrogens (tertiary/aromatic N) is 2. The van der Waals surface area contributed by atoms with Gasteiger partial charge in [0.05, 0.1) is 5.75 Å². The van der Waals surface area contributed by atoms with E-state index >= 15 is 0 Å². The van der Waals surface area contributed by atoms with Gasteiger partial charge < -0.3 is 9.84 Å². The van der Waals surface area contributed by atoms with E-state index in [0.29, 0.717) is 12.0 Å². The topological polar surface area (TPSA) is 51.0 Å². The van der Waals surface area contributed by atoms with Gasteiger partial charge in [0.15, 0.2) is 5.82 Å². The summed E-state index contributed by atoms with van der Waals surface area (Å²) in [4.78, 5) is 4.37. The molecule has 0 aliphatic rings. The van der Waals surface area contributed by atoms with Crippen LogP contribution >= 0.6 is 11.8 Å². The van der Waals surface area contributed by atoms with Crippen molar-refractivity contribution in [1.82, 2.24) is 15.5 Å². The Kier molecular flexibility index (Phi) is 6.58. The lowest BCUT2D eigenvalue weighted by Gasteiger charge is -2.04. The van der Waals surface area contributed by atoms with E-state index in [4.69, 9.17) is 4.52 Å². The van der Waals surface area contributed by atoms with Crippen molar-refractivity contribution < 1.29 is 4.52 Å².